The number of hydrogen-bond acceptors (Lipinski definition) is 3. The molecule has 0 saturated heterocycles. The Kier molecular flexibility index (Phi) is 5.24. The van der Waals surface area contributed by atoms with Gasteiger partial charge in [0.25, 0.3) is 0 Å². The van der Waals surface area contributed by atoms with Crippen LogP contribution in [0.2, 0.25) is 0 Å². The van der Waals surface area contributed by atoms with Crippen LogP contribution < -0.4 is 5.32 Å². The van der Waals surface area contributed by atoms with Crippen LogP contribution in [0.4, 0.5) is 10.3 Å². The first-order valence-corrected chi connectivity index (χ1v) is 9.00. The maximum atomic E-state index is 13.1. The van der Waals surface area contributed by atoms with Crippen LogP contribution in [0.15, 0.2) is 96.2 Å². The Balaban J connectivity index is 1.62. The molecule has 0 saturated carbocycles. The average molecular weight is 370 g/mol. The number of hydrogen-bond donors (Lipinski definition) is 1. The Morgan fingerprint density at radius 3 is 2.29 bits per heavy atom. The van der Waals surface area contributed by atoms with E-state index in [4.69, 9.17) is 4.98 Å². The molecule has 4 aromatic rings. The van der Waals surface area contributed by atoms with Crippen LogP contribution in [0.25, 0.3) is 11.3 Å². The van der Waals surface area contributed by atoms with Crippen LogP contribution in [-0.4, -0.2) is 15.9 Å². The van der Waals surface area contributed by atoms with Crippen molar-refractivity contribution < 1.29 is 4.39 Å². The quantitative estimate of drug-likeness (QED) is 0.475. The molecule has 0 amide bonds. The lowest BCUT2D eigenvalue weighted by Crippen LogP contribution is -2.04. The van der Waals surface area contributed by atoms with Crippen LogP contribution >= 0.6 is 0 Å². The maximum Gasteiger partial charge on any atom is 0.224 e. The van der Waals surface area contributed by atoms with Crippen molar-refractivity contribution >= 4 is 12.2 Å². The Bertz CT molecular complexity index is 1050. The highest BCUT2D eigenvalue weighted by Crippen LogP contribution is 2.21. The summed E-state index contributed by atoms with van der Waals surface area (Å²) in [5.74, 6) is 0.373. The number of anilines is 1. The van der Waals surface area contributed by atoms with Gasteiger partial charge in [-0.15, -0.1) is 0 Å². The smallest absolute Gasteiger partial charge is 0.224 e. The summed E-state index contributed by atoms with van der Waals surface area (Å²) in [6, 6.07) is 26.3. The van der Waals surface area contributed by atoms with Gasteiger partial charge in [0, 0.05) is 12.1 Å². The first-order chi connectivity index (χ1) is 13.8. The summed E-state index contributed by atoms with van der Waals surface area (Å²) >= 11 is 0. The zero-order valence-electron chi connectivity index (χ0n) is 15.2. The van der Waals surface area contributed by atoms with E-state index < -0.39 is 0 Å². The molecule has 0 aliphatic rings. The topological polar surface area (TPSA) is 42.2 Å². The number of rotatable bonds is 6. The Morgan fingerprint density at radius 2 is 1.57 bits per heavy atom. The summed E-state index contributed by atoms with van der Waals surface area (Å²) in [6.07, 6.45) is 3.56. The molecule has 0 atom stereocenters. The third kappa shape index (κ3) is 4.32. The highest BCUT2D eigenvalue weighted by atomic mass is 19.1. The van der Waals surface area contributed by atoms with Gasteiger partial charge in [-0.3, -0.25) is 0 Å². The molecular weight excluding hydrogens is 351 g/mol. The van der Waals surface area contributed by atoms with Crippen molar-refractivity contribution in [1.82, 2.24) is 9.66 Å². The molecule has 1 aromatic heterocycles. The minimum absolute atomic E-state index is 0.267. The van der Waals surface area contributed by atoms with Crippen LogP contribution in [-0.2, 0) is 6.54 Å². The van der Waals surface area contributed by atoms with Crippen molar-refractivity contribution in [2.45, 2.75) is 6.54 Å². The van der Waals surface area contributed by atoms with Gasteiger partial charge in [0.1, 0.15) is 5.82 Å². The van der Waals surface area contributed by atoms with Gasteiger partial charge in [0.05, 0.1) is 18.1 Å². The molecule has 1 N–H and O–H groups in total. The van der Waals surface area contributed by atoms with Gasteiger partial charge >= 0.3 is 0 Å². The Hall–Kier alpha value is -3.73. The van der Waals surface area contributed by atoms with E-state index >= 15 is 0 Å². The summed E-state index contributed by atoms with van der Waals surface area (Å²) in [5, 5.41) is 7.85. The number of benzene rings is 3. The predicted octanol–water partition coefficient (Wildman–Crippen LogP) is 5.18. The number of nitrogens with zero attached hydrogens (tertiary/aromatic N) is 3. The van der Waals surface area contributed by atoms with Gasteiger partial charge in [-0.05, 0) is 23.3 Å². The third-order valence-corrected chi connectivity index (χ3v) is 4.25. The van der Waals surface area contributed by atoms with Gasteiger partial charge in [0.15, 0.2) is 0 Å². The van der Waals surface area contributed by atoms with Crippen LogP contribution in [0.1, 0.15) is 11.1 Å². The largest absolute Gasteiger partial charge is 0.350 e. The van der Waals surface area contributed by atoms with Gasteiger partial charge < -0.3 is 5.32 Å². The second-order valence-corrected chi connectivity index (χ2v) is 6.30. The van der Waals surface area contributed by atoms with E-state index in [2.05, 4.69) is 22.6 Å². The minimum atomic E-state index is -0.267. The first-order valence-electron chi connectivity index (χ1n) is 9.00. The van der Waals surface area contributed by atoms with Crippen molar-refractivity contribution in [2.75, 3.05) is 5.32 Å². The van der Waals surface area contributed by atoms with Crippen molar-refractivity contribution in [3.8, 4) is 11.3 Å². The minimum Gasteiger partial charge on any atom is -0.350 e. The van der Waals surface area contributed by atoms with Crippen molar-refractivity contribution in [3.05, 3.63) is 108 Å². The molecule has 4 rings (SSSR count). The van der Waals surface area contributed by atoms with Gasteiger partial charge in [0.2, 0.25) is 5.95 Å². The highest BCUT2D eigenvalue weighted by molar-refractivity contribution is 5.79. The standard InChI is InChI=1S/C23H19FN4/c24-21-13-11-19(12-14-21)16-26-28-17-22(20-9-5-2-6-10-20)27-23(28)25-15-18-7-3-1-4-8-18/h1-14,16-17H,15H2,(H,25,27). The van der Waals surface area contributed by atoms with E-state index in [1.807, 2.05) is 54.7 Å². The van der Waals surface area contributed by atoms with Gasteiger partial charge in [-0.2, -0.15) is 5.10 Å². The zero-order chi connectivity index (χ0) is 19.2. The normalized spacial score (nSPS) is 11.0. The summed E-state index contributed by atoms with van der Waals surface area (Å²) in [7, 11) is 0. The molecule has 0 spiro atoms. The summed E-state index contributed by atoms with van der Waals surface area (Å²) in [6.45, 7) is 0.637. The number of halogens is 1. The molecule has 0 aliphatic heterocycles. The molecule has 1 heterocycles. The number of nitrogens with one attached hydrogen (secondary N) is 1. The van der Waals surface area contributed by atoms with Crippen LogP contribution in [0.3, 0.4) is 0 Å². The SMILES string of the molecule is Fc1ccc(C=Nn2cc(-c3ccccc3)nc2NCc2ccccc2)cc1. The fourth-order valence-electron chi connectivity index (χ4n) is 2.78. The van der Waals surface area contributed by atoms with E-state index in [1.54, 1.807) is 23.0 Å². The Morgan fingerprint density at radius 1 is 0.893 bits per heavy atom. The van der Waals surface area contributed by atoms with E-state index in [-0.39, 0.29) is 5.82 Å². The predicted molar refractivity (Wildman–Crippen MR) is 111 cm³/mol. The van der Waals surface area contributed by atoms with Crippen molar-refractivity contribution in [2.24, 2.45) is 5.10 Å². The van der Waals surface area contributed by atoms with E-state index in [9.17, 15) is 4.39 Å². The second-order valence-electron chi connectivity index (χ2n) is 6.30. The van der Waals surface area contributed by atoms with Gasteiger partial charge in [-0.25, -0.2) is 14.1 Å². The number of aromatic nitrogens is 2. The molecule has 0 unspecified atom stereocenters. The molecule has 0 fully saturated rings. The maximum absolute atomic E-state index is 13.1. The lowest BCUT2D eigenvalue weighted by molar-refractivity contribution is 0.628. The monoisotopic (exact) mass is 370 g/mol. The van der Waals surface area contributed by atoms with Gasteiger partial charge in [-0.1, -0.05) is 72.8 Å². The highest BCUT2D eigenvalue weighted by Gasteiger charge is 2.09. The van der Waals surface area contributed by atoms with E-state index in [0.717, 1.165) is 22.4 Å². The number of imidazole rings is 1. The fraction of sp³-hybridized carbons (Fsp3) is 0.0435. The molecule has 28 heavy (non-hydrogen) atoms. The molecule has 4 nitrogen and oxygen atoms in total. The molecule has 3 aromatic carbocycles. The molecule has 0 aliphatic carbocycles. The Labute approximate surface area is 163 Å². The first kappa shape index (κ1) is 17.7. The lowest BCUT2D eigenvalue weighted by atomic mass is 10.2. The molecular formula is C23H19FN4. The zero-order valence-corrected chi connectivity index (χ0v) is 15.2. The molecule has 138 valence electrons. The molecule has 0 bridgehead atoms. The van der Waals surface area contributed by atoms with E-state index in [1.165, 1.54) is 12.1 Å². The fourth-order valence-corrected chi connectivity index (χ4v) is 2.78. The molecule has 0 radical (unpaired) electrons. The second kappa shape index (κ2) is 8.31. The summed E-state index contributed by atoms with van der Waals surface area (Å²) in [5.41, 5.74) is 3.81. The summed E-state index contributed by atoms with van der Waals surface area (Å²) < 4.78 is 14.8. The lowest BCUT2D eigenvalue weighted by Gasteiger charge is -2.05. The third-order valence-electron chi connectivity index (χ3n) is 4.25. The van der Waals surface area contributed by atoms with Crippen LogP contribution in [0, 0.1) is 5.82 Å². The average Bonchev–Trinajstić information content (AvgIpc) is 3.16. The summed E-state index contributed by atoms with van der Waals surface area (Å²) in [4.78, 5) is 4.70. The van der Waals surface area contributed by atoms with Crippen molar-refractivity contribution in [1.29, 1.82) is 0 Å². The van der Waals surface area contributed by atoms with Crippen molar-refractivity contribution in [3.63, 3.8) is 0 Å². The van der Waals surface area contributed by atoms with E-state index in [0.29, 0.717) is 12.5 Å². The van der Waals surface area contributed by atoms with Crippen LogP contribution in [0.5, 0.6) is 0 Å². The molecule has 5 heteroatoms.